The molecule has 0 N–H and O–H groups in total. The van der Waals surface area contributed by atoms with Gasteiger partial charge in [-0.25, -0.2) is 4.39 Å². The zero-order valence-electron chi connectivity index (χ0n) is 10.4. The van der Waals surface area contributed by atoms with E-state index in [1.807, 2.05) is 6.92 Å². The van der Waals surface area contributed by atoms with Gasteiger partial charge < -0.3 is 4.74 Å². The third-order valence-corrected chi connectivity index (χ3v) is 3.20. The molecule has 0 aliphatic rings. The van der Waals surface area contributed by atoms with E-state index in [2.05, 4.69) is 0 Å². The molecule has 0 saturated heterocycles. The average molecular weight is 276 g/mol. The maximum atomic E-state index is 13.5. The largest absolute Gasteiger partial charge is 0.494 e. The fraction of sp³-hybridized carbons (Fsp3) is 0.500. The molecule has 0 fully saturated rings. The zero-order valence-corrected chi connectivity index (χ0v) is 11.2. The van der Waals surface area contributed by atoms with Crippen LogP contribution >= 0.6 is 11.6 Å². The Morgan fingerprint density at radius 1 is 1.56 bits per heavy atom. The van der Waals surface area contributed by atoms with E-state index in [1.54, 1.807) is 6.92 Å². The number of halogens is 2. The first kappa shape index (κ1) is 14.7. The van der Waals surface area contributed by atoms with Crippen LogP contribution in [0.2, 0.25) is 0 Å². The van der Waals surface area contributed by atoms with Crippen molar-refractivity contribution in [1.82, 2.24) is 0 Å². The molecule has 6 heteroatoms. The number of rotatable bonds is 5. The molecule has 0 spiro atoms. The Bertz CT molecular complexity index is 451. The maximum absolute atomic E-state index is 13.5. The number of nitro benzene ring substituents is 1. The average Bonchev–Trinajstić information content (AvgIpc) is 2.30. The van der Waals surface area contributed by atoms with Gasteiger partial charge in [0.15, 0.2) is 11.6 Å². The van der Waals surface area contributed by atoms with Gasteiger partial charge in [0.25, 0.3) is 5.69 Å². The molecule has 1 aromatic carbocycles. The van der Waals surface area contributed by atoms with Gasteiger partial charge in [-0.15, -0.1) is 11.6 Å². The highest BCUT2D eigenvalue weighted by Crippen LogP contribution is 2.37. The summed E-state index contributed by atoms with van der Waals surface area (Å²) in [6.45, 7) is 3.64. The monoisotopic (exact) mass is 275 g/mol. The third kappa shape index (κ3) is 2.90. The van der Waals surface area contributed by atoms with Gasteiger partial charge in [0.1, 0.15) is 0 Å². The minimum Gasteiger partial charge on any atom is -0.494 e. The topological polar surface area (TPSA) is 52.4 Å². The number of hydrogen-bond donors (Lipinski definition) is 0. The lowest BCUT2D eigenvalue weighted by Crippen LogP contribution is -2.11. The summed E-state index contributed by atoms with van der Waals surface area (Å²) in [6.07, 6.45) is 0.625. The van der Waals surface area contributed by atoms with Crippen LogP contribution in [0.3, 0.4) is 0 Å². The highest BCUT2D eigenvalue weighted by Gasteiger charge is 2.27. The lowest BCUT2D eigenvalue weighted by Gasteiger charge is -2.18. The van der Waals surface area contributed by atoms with E-state index in [1.165, 1.54) is 13.2 Å². The van der Waals surface area contributed by atoms with Crippen LogP contribution in [0.5, 0.6) is 5.75 Å². The number of nitro groups is 1. The summed E-state index contributed by atoms with van der Waals surface area (Å²) in [5, 5.41) is 10.7. The Hall–Kier alpha value is -1.36. The Morgan fingerprint density at radius 2 is 2.17 bits per heavy atom. The van der Waals surface area contributed by atoms with E-state index in [-0.39, 0.29) is 22.7 Å². The van der Waals surface area contributed by atoms with E-state index >= 15 is 0 Å². The molecular weight excluding hydrogens is 261 g/mol. The van der Waals surface area contributed by atoms with E-state index in [0.717, 1.165) is 6.07 Å². The molecule has 100 valence electrons. The fourth-order valence-electron chi connectivity index (χ4n) is 1.96. The van der Waals surface area contributed by atoms with Crippen molar-refractivity contribution in [2.24, 2.45) is 0 Å². The molecule has 18 heavy (non-hydrogen) atoms. The maximum Gasteiger partial charge on any atom is 0.276 e. The Kier molecular flexibility index (Phi) is 4.90. The molecule has 0 aromatic heterocycles. The quantitative estimate of drug-likeness (QED) is 0.466. The van der Waals surface area contributed by atoms with Crippen molar-refractivity contribution >= 4 is 17.3 Å². The molecule has 2 atom stereocenters. The second-order valence-corrected chi connectivity index (χ2v) is 4.68. The van der Waals surface area contributed by atoms with Gasteiger partial charge in [0.2, 0.25) is 0 Å². The zero-order chi connectivity index (χ0) is 13.9. The minimum absolute atomic E-state index is 0.00799. The van der Waals surface area contributed by atoms with Crippen LogP contribution < -0.4 is 4.74 Å². The standard InChI is InChI=1S/C12H15ClFNO3/c1-4-8(7(2)13)9-5-12(18-3)10(14)6-11(9)15(16)17/h5-8H,4H2,1-3H3. The van der Waals surface area contributed by atoms with Crippen molar-refractivity contribution in [2.75, 3.05) is 7.11 Å². The Labute approximate surface area is 110 Å². The van der Waals surface area contributed by atoms with Gasteiger partial charge in [0.05, 0.1) is 18.1 Å². The van der Waals surface area contributed by atoms with Crippen LogP contribution in [0, 0.1) is 15.9 Å². The molecule has 2 unspecified atom stereocenters. The first-order chi connectivity index (χ1) is 8.42. The number of methoxy groups -OCH3 is 1. The van der Waals surface area contributed by atoms with Crippen LogP contribution in [0.1, 0.15) is 31.7 Å². The summed E-state index contributed by atoms with van der Waals surface area (Å²) < 4.78 is 18.4. The lowest BCUT2D eigenvalue weighted by molar-refractivity contribution is -0.385. The van der Waals surface area contributed by atoms with E-state index in [0.29, 0.717) is 12.0 Å². The molecule has 0 aliphatic carbocycles. The van der Waals surface area contributed by atoms with E-state index in [4.69, 9.17) is 16.3 Å². The van der Waals surface area contributed by atoms with Crippen molar-refractivity contribution in [3.63, 3.8) is 0 Å². The van der Waals surface area contributed by atoms with E-state index in [9.17, 15) is 14.5 Å². The molecular formula is C12H15ClFNO3. The number of hydrogen-bond acceptors (Lipinski definition) is 3. The smallest absolute Gasteiger partial charge is 0.276 e. The summed E-state index contributed by atoms with van der Waals surface area (Å²) in [7, 11) is 1.32. The summed E-state index contributed by atoms with van der Waals surface area (Å²) in [6, 6.07) is 2.25. The van der Waals surface area contributed by atoms with E-state index < -0.39 is 10.7 Å². The summed E-state index contributed by atoms with van der Waals surface area (Å²) in [4.78, 5) is 10.4. The van der Waals surface area contributed by atoms with Crippen LogP contribution in [0.25, 0.3) is 0 Å². The normalized spacial score (nSPS) is 14.1. The number of benzene rings is 1. The van der Waals surface area contributed by atoms with Gasteiger partial charge in [-0.05, 0) is 19.4 Å². The molecule has 0 aliphatic heterocycles. The number of ether oxygens (including phenoxy) is 1. The predicted octanol–water partition coefficient (Wildman–Crippen LogP) is 3.86. The minimum atomic E-state index is -0.745. The summed E-state index contributed by atoms with van der Waals surface area (Å²) >= 11 is 6.03. The first-order valence-electron chi connectivity index (χ1n) is 5.58. The summed E-state index contributed by atoms with van der Waals surface area (Å²) in [5.74, 6) is -0.974. The first-order valence-corrected chi connectivity index (χ1v) is 6.01. The molecule has 0 radical (unpaired) electrons. The molecule has 0 amide bonds. The molecule has 4 nitrogen and oxygen atoms in total. The van der Waals surface area contributed by atoms with Crippen LogP contribution in [0.4, 0.5) is 10.1 Å². The highest BCUT2D eigenvalue weighted by atomic mass is 35.5. The second kappa shape index (κ2) is 6.00. The molecule has 1 rings (SSSR count). The second-order valence-electron chi connectivity index (χ2n) is 3.99. The number of alkyl halides is 1. The van der Waals surface area contributed by atoms with Gasteiger partial charge in [-0.1, -0.05) is 6.92 Å². The molecule has 1 aromatic rings. The molecule has 0 saturated carbocycles. The highest BCUT2D eigenvalue weighted by molar-refractivity contribution is 6.20. The van der Waals surface area contributed by atoms with Crippen molar-refractivity contribution < 1.29 is 14.1 Å². The van der Waals surface area contributed by atoms with Crippen molar-refractivity contribution in [1.29, 1.82) is 0 Å². The third-order valence-electron chi connectivity index (χ3n) is 2.89. The number of nitrogens with zero attached hydrogens (tertiary/aromatic N) is 1. The fourth-order valence-corrected chi connectivity index (χ4v) is 2.28. The van der Waals surface area contributed by atoms with Crippen LogP contribution in [-0.4, -0.2) is 17.4 Å². The summed E-state index contributed by atoms with van der Waals surface area (Å²) in [5.41, 5.74) is 0.149. The van der Waals surface area contributed by atoms with Gasteiger partial charge in [-0.3, -0.25) is 10.1 Å². The SMILES string of the molecule is CCC(c1cc(OC)c(F)cc1[N+](=O)[O-])C(C)Cl. The molecule has 0 bridgehead atoms. The Balaban J connectivity index is 3.42. The van der Waals surface area contributed by atoms with Crippen molar-refractivity contribution in [2.45, 2.75) is 31.6 Å². The lowest BCUT2D eigenvalue weighted by atomic mass is 9.92. The van der Waals surface area contributed by atoms with Crippen LogP contribution in [-0.2, 0) is 0 Å². The van der Waals surface area contributed by atoms with Gasteiger partial charge in [-0.2, -0.15) is 0 Å². The van der Waals surface area contributed by atoms with Crippen molar-refractivity contribution in [3.05, 3.63) is 33.6 Å². The van der Waals surface area contributed by atoms with Gasteiger partial charge >= 0.3 is 0 Å². The van der Waals surface area contributed by atoms with Crippen molar-refractivity contribution in [3.8, 4) is 5.75 Å². The van der Waals surface area contributed by atoms with Crippen LogP contribution in [0.15, 0.2) is 12.1 Å². The molecule has 0 heterocycles. The van der Waals surface area contributed by atoms with Gasteiger partial charge in [0, 0.05) is 16.9 Å². The Morgan fingerprint density at radius 3 is 2.56 bits per heavy atom. The predicted molar refractivity (Wildman–Crippen MR) is 68.0 cm³/mol.